The van der Waals surface area contributed by atoms with E-state index in [4.69, 9.17) is 0 Å². The third-order valence-electron chi connectivity index (χ3n) is 32.4. The number of hydrogen-bond acceptors (Lipinski definition) is 2. The fraction of sp³-hybridized carbons (Fsp3) is 0.0833. The molecule has 0 N–H and O–H groups in total. The van der Waals surface area contributed by atoms with E-state index in [1.54, 1.807) is 0 Å². The highest BCUT2D eigenvalue weighted by Gasteiger charge is 2.41. The summed E-state index contributed by atoms with van der Waals surface area (Å²) in [4.78, 5) is 4.86. The highest BCUT2D eigenvalue weighted by Crippen LogP contribution is 2.57. The van der Waals surface area contributed by atoms with Gasteiger partial charge in [-0.05, 0) is 336 Å². The second kappa shape index (κ2) is 35.2. The number of fused-ring (bicyclic) bond motifs is 16. The van der Waals surface area contributed by atoms with Gasteiger partial charge in [0, 0.05) is 55.8 Å². The Kier molecular flexibility index (Phi) is 21.4. The monoisotopic (exact) mass is 1860 g/mol. The zero-order chi connectivity index (χ0) is 98.3. The van der Waals surface area contributed by atoms with E-state index in [-0.39, 0.29) is 21.7 Å². The fourth-order valence-electron chi connectivity index (χ4n) is 24.4. The lowest BCUT2D eigenvalue weighted by Crippen LogP contribution is -2.16. The smallest absolute Gasteiger partial charge is 0.0465 e. The van der Waals surface area contributed by atoms with Crippen molar-refractivity contribution < 1.29 is 0 Å². The Bertz CT molecular complexity index is 9050. The highest BCUT2D eigenvalue weighted by atomic mass is 15.1. The van der Waals surface area contributed by atoms with E-state index in [0.29, 0.717) is 0 Å². The molecule has 0 unspecified atom stereocenters. The summed E-state index contributed by atoms with van der Waals surface area (Å²) in [5.41, 5.74) is 52.2. The molecule has 0 bridgehead atoms. The summed E-state index contributed by atoms with van der Waals surface area (Å²) in [6.07, 6.45) is 0. The van der Waals surface area contributed by atoms with Gasteiger partial charge in [-0.1, -0.05) is 462 Å². The van der Waals surface area contributed by atoms with Crippen LogP contribution in [0.25, 0.3) is 188 Å². The highest BCUT2D eigenvalue weighted by molar-refractivity contribution is 6.14. The van der Waals surface area contributed by atoms with Gasteiger partial charge >= 0.3 is 0 Å². The minimum Gasteiger partial charge on any atom is -0.310 e. The van der Waals surface area contributed by atoms with Crippen molar-refractivity contribution in [3.63, 3.8) is 0 Å². The van der Waals surface area contributed by atoms with Gasteiger partial charge in [0.25, 0.3) is 0 Å². The maximum absolute atomic E-state index is 2.45. The van der Waals surface area contributed by atoms with Crippen LogP contribution >= 0.6 is 0 Å². The molecule has 146 heavy (non-hydrogen) atoms. The molecule has 694 valence electrons. The zero-order valence-electron chi connectivity index (χ0n) is 83.4. The van der Waals surface area contributed by atoms with Gasteiger partial charge in [-0.3, -0.25) is 0 Å². The van der Waals surface area contributed by atoms with Crippen molar-refractivity contribution in [3.05, 3.63) is 554 Å². The van der Waals surface area contributed by atoms with Crippen LogP contribution in [0.3, 0.4) is 0 Å². The Morgan fingerprint density at radius 1 is 0.116 bits per heavy atom. The average Bonchev–Trinajstić information content (AvgIpc) is 1.56. The summed E-state index contributed by atoms with van der Waals surface area (Å²) in [5, 5.41) is 7.67. The lowest BCUT2D eigenvalue weighted by Gasteiger charge is -2.28. The van der Waals surface area contributed by atoms with Gasteiger partial charge in [-0.25, -0.2) is 0 Å². The molecule has 23 aromatic rings. The molecule has 0 radical (unpaired) electrons. The molecule has 0 aliphatic heterocycles. The Hall–Kier alpha value is -17.6. The van der Waals surface area contributed by atoms with Crippen molar-refractivity contribution in [2.45, 2.75) is 77.0 Å². The molecular formula is C144H108N2. The van der Waals surface area contributed by atoms with Crippen LogP contribution in [0.15, 0.2) is 510 Å². The number of anilines is 6. The zero-order valence-corrected chi connectivity index (χ0v) is 83.4. The Labute approximate surface area is 856 Å². The Morgan fingerprint density at radius 2 is 0.336 bits per heavy atom. The van der Waals surface area contributed by atoms with Crippen molar-refractivity contribution >= 4 is 66.4 Å². The van der Waals surface area contributed by atoms with Crippen LogP contribution < -0.4 is 9.80 Å². The Morgan fingerprint density at radius 3 is 0.699 bits per heavy atom. The maximum atomic E-state index is 2.45. The first-order valence-corrected chi connectivity index (χ1v) is 51.4. The second-order valence-corrected chi connectivity index (χ2v) is 42.2. The van der Waals surface area contributed by atoms with Crippen molar-refractivity contribution in [1.82, 2.24) is 0 Å². The largest absolute Gasteiger partial charge is 0.310 e. The molecule has 0 atom stereocenters. The molecule has 23 aromatic carbocycles. The van der Waals surface area contributed by atoms with E-state index >= 15 is 0 Å². The quantitative estimate of drug-likeness (QED) is 0.0890. The van der Waals surface area contributed by atoms with Gasteiger partial charge in [-0.15, -0.1) is 0 Å². The predicted molar refractivity (Wildman–Crippen MR) is 619 cm³/mol. The summed E-state index contributed by atoms with van der Waals surface area (Å²) in [7, 11) is 0. The molecule has 0 aromatic heterocycles. The van der Waals surface area contributed by atoms with Gasteiger partial charge in [0.1, 0.15) is 0 Å². The maximum Gasteiger partial charge on any atom is 0.0465 e. The molecule has 2 nitrogen and oxygen atoms in total. The number of benzene rings is 23. The van der Waals surface area contributed by atoms with Crippen molar-refractivity contribution in [1.29, 1.82) is 0 Å². The van der Waals surface area contributed by atoms with Gasteiger partial charge in [0.15, 0.2) is 0 Å². The molecule has 27 rings (SSSR count). The van der Waals surface area contributed by atoms with E-state index in [9.17, 15) is 0 Å². The van der Waals surface area contributed by atoms with Crippen LogP contribution in [0.5, 0.6) is 0 Å². The van der Waals surface area contributed by atoms with Crippen LogP contribution in [-0.2, 0) is 21.7 Å². The van der Waals surface area contributed by atoms with E-state index in [1.165, 1.54) is 233 Å². The molecule has 2 heteroatoms. The number of rotatable bonds is 16. The minimum atomic E-state index is -0.229. The molecule has 0 fully saturated rings. The van der Waals surface area contributed by atoms with Gasteiger partial charge < -0.3 is 9.80 Å². The first-order chi connectivity index (χ1) is 71.4. The van der Waals surface area contributed by atoms with E-state index in [0.717, 1.165) is 34.1 Å². The molecule has 4 aliphatic rings. The number of nitrogens with zero attached hydrogens (tertiary/aromatic N) is 2. The molecule has 0 saturated heterocycles. The normalized spacial score (nSPS) is 13.6. The standard InChI is InChI=1S/C74H55N.C70H53N/c1-73(2)69-21-13-12-20-64(69)65-41-34-56(45-70(65)73)53-32-38-59(39-33-53)75(58-36-30-51(31-37-58)50-24-22-49(23-25-50)48-14-6-5-7-15-48)60-40-43-67-66-42-35-55(46-71(66)74(3,4)72(67)47-60)52-26-28-54(29-27-52)68-44-57-16-8-9-17-61(57)62-18-10-11-19-63(62)68;1-69(2)65-20-11-10-18-61(65)62-40-33-55(43-66(62)69)51-31-37-57(38-32-51)71(56-35-29-49(30-36-56)48-23-21-47(22-24-48)46-13-6-5-7-14-46)58-39-42-64-63-41-34-54(44-67(63)70(3,4)68(64)45-58)50-25-27-53(28-26-50)60-19-12-16-52-15-8-9-17-59(52)60/h5-47H,1-4H3;5-45H,1-4H3. The van der Waals surface area contributed by atoms with Crippen LogP contribution in [0, 0.1) is 0 Å². The summed E-state index contributed by atoms with van der Waals surface area (Å²) >= 11 is 0. The molecule has 0 amide bonds. The lowest BCUT2D eigenvalue weighted by molar-refractivity contribution is 0.660. The summed E-state index contributed by atoms with van der Waals surface area (Å²) < 4.78 is 0. The van der Waals surface area contributed by atoms with Crippen molar-refractivity contribution in [2.24, 2.45) is 0 Å². The Balaban J connectivity index is 0.000000149. The van der Waals surface area contributed by atoms with Crippen LogP contribution in [-0.4, -0.2) is 0 Å². The topological polar surface area (TPSA) is 6.48 Å². The molecule has 0 spiro atoms. The molecule has 0 heterocycles. The third kappa shape index (κ3) is 15.2. The predicted octanol–water partition coefficient (Wildman–Crippen LogP) is 39.7. The van der Waals surface area contributed by atoms with E-state index in [2.05, 4.69) is 575 Å². The summed E-state index contributed by atoms with van der Waals surface area (Å²) in [5.74, 6) is 0. The first kappa shape index (κ1) is 88.6. The molecular weight excluding hydrogens is 1760 g/mol. The second-order valence-electron chi connectivity index (χ2n) is 42.2. The SMILES string of the molecule is CC1(C)c2ccccc2-c2ccc(-c3ccc(N(c4ccc(-c5ccc(-c6ccccc6)cc5)cc4)c4ccc5c(c4)C(C)(C)c4cc(-c6ccc(-c7cc8ccccc8c8ccccc78)cc6)ccc4-5)cc3)cc21.CC1(C)c2ccccc2-c2ccc(-c3ccc(N(c4ccc(-c5ccc(-c6ccccc6)cc5)cc4)c4ccc5c(c4)C(C)(C)c4cc(-c6ccc(-c7cccc8ccccc78)cc6)ccc4-5)cc3)cc21. The van der Waals surface area contributed by atoms with Gasteiger partial charge in [0.05, 0.1) is 0 Å². The lowest BCUT2D eigenvalue weighted by atomic mass is 9.81. The van der Waals surface area contributed by atoms with Crippen LogP contribution in [0.2, 0.25) is 0 Å². The average molecular weight is 1870 g/mol. The third-order valence-corrected chi connectivity index (χ3v) is 32.4. The van der Waals surface area contributed by atoms with Crippen LogP contribution in [0.1, 0.15) is 99.9 Å². The molecule has 4 aliphatic carbocycles. The summed E-state index contributed by atoms with van der Waals surface area (Å²) in [6, 6.07) is 189. The van der Waals surface area contributed by atoms with E-state index in [1.807, 2.05) is 0 Å². The number of hydrogen-bond donors (Lipinski definition) is 0. The van der Waals surface area contributed by atoms with Crippen LogP contribution in [0.4, 0.5) is 34.1 Å². The first-order valence-electron chi connectivity index (χ1n) is 51.4. The fourth-order valence-corrected chi connectivity index (χ4v) is 24.4. The van der Waals surface area contributed by atoms with Gasteiger partial charge in [-0.2, -0.15) is 0 Å². The minimum absolute atomic E-state index is 0.0540. The van der Waals surface area contributed by atoms with E-state index < -0.39 is 0 Å². The molecule has 0 saturated carbocycles. The van der Waals surface area contributed by atoms with Crippen molar-refractivity contribution in [2.75, 3.05) is 9.80 Å². The van der Waals surface area contributed by atoms with Gasteiger partial charge in [0.2, 0.25) is 0 Å². The summed E-state index contributed by atoms with van der Waals surface area (Å²) in [6.45, 7) is 19.0. The van der Waals surface area contributed by atoms with Crippen molar-refractivity contribution in [3.8, 4) is 156 Å².